The van der Waals surface area contributed by atoms with Gasteiger partial charge in [-0.15, -0.1) is 0 Å². The Balaban J connectivity index is 2.55. The average molecular weight is 370 g/mol. The minimum Gasteiger partial charge on any atom is -0.334 e. The molecule has 1 fully saturated rings. The van der Waals surface area contributed by atoms with Crippen LogP contribution in [0, 0.1) is 23.0 Å². The summed E-state index contributed by atoms with van der Waals surface area (Å²) in [7, 11) is -4.19. The molecule has 0 aliphatic carbocycles. The van der Waals surface area contributed by atoms with E-state index >= 15 is 0 Å². The molecule has 0 bridgehead atoms. The van der Waals surface area contributed by atoms with E-state index in [0.717, 1.165) is 25.0 Å². The van der Waals surface area contributed by atoms with Crippen LogP contribution >= 0.6 is 0 Å². The molecule has 25 heavy (non-hydrogen) atoms. The van der Waals surface area contributed by atoms with Crippen molar-refractivity contribution in [3.05, 3.63) is 33.4 Å². The largest absolute Gasteiger partial charge is 0.334 e. The fraction of sp³-hybridized carbons (Fsp3) is 0.533. The fourth-order valence-electron chi connectivity index (χ4n) is 3.15. The van der Waals surface area contributed by atoms with Crippen molar-refractivity contribution in [3.63, 3.8) is 0 Å². The van der Waals surface area contributed by atoms with Crippen molar-refractivity contribution in [2.75, 3.05) is 13.1 Å². The minimum atomic E-state index is -4.19. The number of nitrogens with zero attached hydrogens (tertiary/aromatic N) is 2. The van der Waals surface area contributed by atoms with Gasteiger partial charge in [-0.2, -0.15) is 0 Å². The molecule has 2 unspecified atom stereocenters. The zero-order valence-electron chi connectivity index (χ0n) is 14.1. The third-order valence-corrected chi connectivity index (χ3v) is 5.51. The molecule has 1 aromatic carbocycles. The lowest BCUT2D eigenvalue weighted by Gasteiger charge is -2.38. The molecular formula is C15H22N4O5S. The van der Waals surface area contributed by atoms with Crippen molar-refractivity contribution in [2.45, 2.75) is 37.6 Å². The van der Waals surface area contributed by atoms with Gasteiger partial charge in [0.25, 0.3) is 11.6 Å². The number of carbonyl (C=O) groups is 1. The summed E-state index contributed by atoms with van der Waals surface area (Å²) in [5.41, 5.74) is 5.39. The first-order chi connectivity index (χ1) is 11.6. The predicted molar refractivity (Wildman–Crippen MR) is 91.5 cm³/mol. The summed E-state index contributed by atoms with van der Waals surface area (Å²) in [5, 5.41) is 16.3. The summed E-state index contributed by atoms with van der Waals surface area (Å²) in [6, 6.07) is 1.79. The standard InChI is InChI=1S/C15H22N4O5S/c1-9-3-4-18(11(5-9)8-16)15(20)13-6-12(25(17,23)24)7-14(10(13)2)19(21)22/h6-7,9,11H,3-5,8,16H2,1-2H3,(H2,17,23,24). The number of nitro groups is 1. The fourth-order valence-corrected chi connectivity index (χ4v) is 3.70. The number of likely N-dealkylation sites (tertiary alicyclic amines) is 1. The molecule has 10 heteroatoms. The molecule has 0 spiro atoms. The third-order valence-electron chi connectivity index (χ3n) is 4.62. The van der Waals surface area contributed by atoms with Gasteiger partial charge in [-0.1, -0.05) is 6.92 Å². The van der Waals surface area contributed by atoms with Gasteiger partial charge >= 0.3 is 0 Å². The molecule has 4 N–H and O–H groups in total. The maximum Gasteiger partial charge on any atom is 0.274 e. The maximum absolute atomic E-state index is 13.0. The van der Waals surface area contributed by atoms with Gasteiger partial charge in [0, 0.05) is 30.8 Å². The van der Waals surface area contributed by atoms with Gasteiger partial charge < -0.3 is 10.6 Å². The van der Waals surface area contributed by atoms with E-state index in [4.69, 9.17) is 10.9 Å². The summed E-state index contributed by atoms with van der Waals surface area (Å²) in [4.78, 5) is 24.6. The molecule has 2 atom stereocenters. The van der Waals surface area contributed by atoms with Crippen LogP contribution in [-0.2, 0) is 10.0 Å². The second kappa shape index (κ2) is 7.06. The Morgan fingerprint density at radius 1 is 1.44 bits per heavy atom. The molecule has 0 saturated carbocycles. The van der Waals surface area contributed by atoms with Gasteiger partial charge in [-0.05, 0) is 31.7 Å². The number of hydrogen-bond acceptors (Lipinski definition) is 6. The van der Waals surface area contributed by atoms with Crippen molar-refractivity contribution < 1.29 is 18.1 Å². The molecule has 0 radical (unpaired) electrons. The van der Waals surface area contributed by atoms with Gasteiger partial charge in [0.05, 0.1) is 15.4 Å². The number of nitrogens with two attached hydrogens (primary N) is 2. The zero-order valence-corrected chi connectivity index (χ0v) is 15.0. The summed E-state index contributed by atoms with van der Waals surface area (Å²) in [6.07, 6.45) is 1.52. The Kier molecular flexibility index (Phi) is 5.45. The van der Waals surface area contributed by atoms with Gasteiger partial charge in [-0.25, -0.2) is 13.6 Å². The first-order valence-electron chi connectivity index (χ1n) is 7.89. The lowest BCUT2D eigenvalue weighted by Crippen LogP contribution is -2.49. The van der Waals surface area contributed by atoms with Gasteiger partial charge in [-0.3, -0.25) is 14.9 Å². The number of piperidine rings is 1. The smallest absolute Gasteiger partial charge is 0.274 e. The molecule has 1 saturated heterocycles. The molecule has 2 rings (SSSR count). The second-order valence-corrected chi connectivity index (χ2v) is 8.00. The van der Waals surface area contributed by atoms with Crippen LogP contribution in [0.1, 0.15) is 35.7 Å². The SMILES string of the molecule is Cc1c(C(=O)N2CCC(C)CC2CN)cc(S(N)(=O)=O)cc1[N+](=O)[O-]. The number of benzene rings is 1. The van der Waals surface area contributed by atoms with Crippen molar-refractivity contribution in [1.29, 1.82) is 0 Å². The number of hydrogen-bond donors (Lipinski definition) is 2. The van der Waals surface area contributed by atoms with Crippen LogP contribution in [0.4, 0.5) is 5.69 Å². The highest BCUT2D eigenvalue weighted by atomic mass is 32.2. The van der Waals surface area contributed by atoms with Crippen LogP contribution in [0.15, 0.2) is 17.0 Å². The molecule has 1 heterocycles. The third kappa shape index (κ3) is 3.97. The predicted octanol–water partition coefficient (Wildman–Crippen LogP) is 0.750. The van der Waals surface area contributed by atoms with E-state index in [0.29, 0.717) is 12.5 Å². The Hall–Kier alpha value is -2.04. The first kappa shape index (κ1) is 19.3. The van der Waals surface area contributed by atoms with E-state index in [2.05, 4.69) is 6.92 Å². The summed E-state index contributed by atoms with van der Waals surface area (Å²) in [5.74, 6) is -0.0442. The van der Waals surface area contributed by atoms with Crippen LogP contribution < -0.4 is 10.9 Å². The highest BCUT2D eigenvalue weighted by molar-refractivity contribution is 7.89. The zero-order chi connectivity index (χ0) is 18.9. The number of rotatable bonds is 4. The maximum atomic E-state index is 13.0. The molecule has 1 aromatic rings. The van der Waals surface area contributed by atoms with E-state index in [1.165, 1.54) is 6.92 Å². The Labute approximate surface area is 146 Å². The van der Waals surface area contributed by atoms with Gasteiger partial charge in [0.2, 0.25) is 10.0 Å². The highest BCUT2D eigenvalue weighted by Gasteiger charge is 2.32. The van der Waals surface area contributed by atoms with Crippen molar-refractivity contribution in [2.24, 2.45) is 16.8 Å². The van der Waals surface area contributed by atoms with Crippen LogP contribution in [0.25, 0.3) is 0 Å². The number of sulfonamides is 1. The van der Waals surface area contributed by atoms with Crippen LogP contribution in [0.2, 0.25) is 0 Å². The van der Waals surface area contributed by atoms with Crippen LogP contribution in [0.5, 0.6) is 0 Å². The van der Waals surface area contributed by atoms with Crippen molar-refractivity contribution in [3.8, 4) is 0 Å². The van der Waals surface area contributed by atoms with E-state index in [9.17, 15) is 23.3 Å². The number of primary sulfonamides is 1. The minimum absolute atomic E-state index is 0.0359. The first-order valence-corrected chi connectivity index (χ1v) is 9.43. The molecule has 1 amide bonds. The lowest BCUT2D eigenvalue weighted by atomic mass is 9.91. The van der Waals surface area contributed by atoms with E-state index in [-0.39, 0.29) is 23.7 Å². The Morgan fingerprint density at radius 3 is 2.60 bits per heavy atom. The summed E-state index contributed by atoms with van der Waals surface area (Å²) in [6.45, 7) is 4.23. The van der Waals surface area contributed by atoms with Crippen molar-refractivity contribution >= 4 is 21.6 Å². The van der Waals surface area contributed by atoms with Crippen LogP contribution in [0.3, 0.4) is 0 Å². The highest BCUT2D eigenvalue weighted by Crippen LogP contribution is 2.29. The molecular weight excluding hydrogens is 348 g/mol. The Morgan fingerprint density at radius 2 is 2.08 bits per heavy atom. The second-order valence-electron chi connectivity index (χ2n) is 6.43. The van der Waals surface area contributed by atoms with Gasteiger partial charge in [0.15, 0.2) is 0 Å². The molecule has 1 aliphatic heterocycles. The van der Waals surface area contributed by atoms with E-state index < -0.39 is 31.4 Å². The van der Waals surface area contributed by atoms with E-state index in [1.807, 2.05) is 0 Å². The molecule has 1 aliphatic rings. The molecule has 0 aromatic heterocycles. The normalized spacial score (nSPS) is 21.2. The lowest BCUT2D eigenvalue weighted by molar-refractivity contribution is -0.385. The van der Waals surface area contributed by atoms with Crippen LogP contribution in [-0.4, -0.2) is 43.3 Å². The number of carbonyl (C=O) groups excluding carboxylic acids is 1. The molecule has 9 nitrogen and oxygen atoms in total. The topological polar surface area (TPSA) is 150 Å². The van der Waals surface area contributed by atoms with Gasteiger partial charge in [0.1, 0.15) is 0 Å². The van der Waals surface area contributed by atoms with E-state index in [1.54, 1.807) is 4.90 Å². The average Bonchev–Trinajstić information content (AvgIpc) is 2.52. The number of amides is 1. The van der Waals surface area contributed by atoms with Crippen molar-refractivity contribution in [1.82, 2.24) is 4.90 Å². The summed E-state index contributed by atoms with van der Waals surface area (Å²) >= 11 is 0. The molecule has 138 valence electrons. The Bertz CT molecular complexity index is 808. The quantitative estimate of drug-likeness (QED) is 0.590. The number of nitro benzene ring substituents is 1. The monoisotopic (exact) mass is 370 g/mol. The summed E-state index contributed by atoms with van der Waals surface area (Å²) < 4.78 is 23.3.